The summed E-state index contributed by atoms with van der Waals surface area (Å²) in [6, 6.07) is 14.2. The third-order valence-corrected chi connectivity index (χ3v) is 5.84. The summed E-state index contributed by atoms with van der Waals surface area (Å²) in [6.45, 7) is 0. The molecule has 2 heterocycles. The Kier molecular flexibility index (Phi) is 2.49. The van der Waals surface area contributed by atoms with E-state index in [0.29, 0.717) is 17.8 Å². The summed E-state index contributed by atoms with van der Waals surface area (Å²) in [4.78, 5) is 19.5. The van der Waals surface area contributed by atoms with Crippen molar-refractivity contribution < 1.29 is 4.79 Å². The highest BCUT2D eigenvalue weighted by molar-refractivity contribution is 6.04. The van der Waals surface area contributed by atoms with Crippen LogP contribution in [0.5, 0.6) is 0 Å². The molecule has 22 heavy (non-hydrogen) atoms. The van der Waals surface area contributed by atoms with Crippen molar-refractivity contribution in [1.29, 1.82) is 0 Å². The highest BCUT2D eigenvalue weighted by Crippen LogP contribution is 2.61. The molecule has 1 amide bonds. The first-order valence-corrected chi connectivity index (χ1v) is 8.18. The summed E-state index contributed by atoms with van der Waals surface area (Å²) < 4.78 is 0. The minimum atomic E-state index is 0.163. The quantitative estimate of drug-likeness (QED) is 0.798. The second kappa shape index (κ2) is 4.42. The number of pyridine rings is 1. The largest absolute Gasteiger partial charge is 0.274 e. The van der Waals surface area contributed by atoms with Crippen molar-refractivity contribution in [2.75, 3.05) is 4.90 Å². The Balaban J connectivity index is 1.72. The maximum atomic E-state index is 13.2. The molecule has 0 spiro atoms. The van der Waals surface area contributed by atoms with Gasteiger partial charge in [-0.2, -0.15) is 0 Å². The molecule has 1 aliphatic heterocycles. The normalized spacial score (nSPS) is 32.0. The molecule has 4 unspecified atom stereocenters. The fourth-order valence-corrected chi connectivity index (χ4v) is 5.06. The number of hydrogen-bond acceptors (Lipinski definition) is 2. The summed E-state index contributed by atoms with van der Waals surface area (Å²) >= 11 is 0. The van der Waals surface area contributed by atoms with Gasteiger partial charge in [-0.05, 0) is 54.9 Å². The maximum absolute atomic E-state index is 13.2. The number of carbonyl (C=O) groups excluding carboxylic acids is 1. The van der Waals surface area contributed by atoms with Crippen molar-refractivity contribution in [3.63, 3.8) is 0 Å². The maximum Gasteiger partial charge on any atom is 0.236 e. The van der Waals surface area contributed by atoms with E-state index in [-0.39, 0.29) is 11.8 Å². The van der Waals surface area contributed by atoms with Gasteiger partial charge in [-0.1, -0.05) is 24.3 Å². The molecule has 3 heteroatoms. The van der Waals surface area contributed by atoms with Crippen LogP contribution in [0.25, 0.3) is 0 Å². The van der Waals surface area contributed by atoms with Crippen molar-refractivity contribution in [3.05, 3.63) is 54.2 Å². The Morgan fingerprint density at radius 2 is 1.73 bits per heavy atom. The number of rotatable bonds is 1. The first-order chi connectivity index (χ1) is 10.8. The van der Waals surface area contributed by atoms with Crippen molar-refractivity contribution in [2.45, 2.75) is 25.2 Å². The standard InChI is InChI=1S/C19H18N2O/c22-19-18-13-9-8-12(11-13)17(18)14-5-1-2-6-15(14)21(19)16-7-3-4-10-20-16/h1-7,10,12-13,17-18H,8-9,11H2. The minimum absolute atomic E-state index is 0.163. The van der Waals surface area contributed by atoms with Gasteiger partial charge in [0.05, 0.1) is 5.69 Å². The Bertz CT molecular complexity index is 742. The average molecular weight is 290 g/mol. The molecular weight excluding hydrogens is 272 g/mol. The molecule has 2 aliphatic carbocycles. The van der Waals surface area contributed by atoms with E-state index in [1.54, 1.807) is 6.20 Å². The van der Waals surface area contributed by atoms with Crippen LogP contribution < -0.4 is 4.90 Å². The molecule has 3 aliphatic rings. The topological polar surface area (TPSA) is 33.2 Å². The highest BCUT2D eigenvalue weighted by atomic mass is 16.2. The molecule has 2 bridgehead atoms. The van der Waals surface area contributed by atoms with E-state index in [4.69, 9.17) is 0 Å². The van der Waals surface area contributed by atoms with Crippen LogP contribution in [0.2, 0.25) is 0 Å². The number of para-hydroxylation sites is 1. The van der Waals surface area contributed by atoms with Crippen LogP contribution in [0.3, 0.4) is 0 Å². The van der Waals surface area contributed by atoms with Gasteiger partial charge < -0.3 is 0 Å². The smallest absolute Gasteiger partial charge is 0.236 e. The van der Waals surface area contributed by atoms with Crippen LogP contribution in [0, 0.1) is 17.8 Å². The zero-order valence-corrected chi connectivity index (χ0v) is 12.4. The molecule has 2 aromatic rings. The van der Waals surface area contributed by atoms with Gasteiger partial charge in [-0.15, -0.1) is 0 Å². The van der Waals surface area contributed by atoms with E-state index in [1.165, 1.54) is 24.8 Å². The third kappa shape index (κ3) is 1.51. The molecule has 0 saturated heterocycles. The zero-order valence-electron chi connectivity index (χ0n) is 12.4. The molecule has 0 radical (unpaired) electrons. The molecule has 3 nitrogen and oxygen atoms in total. The van der Waals surface area contributed by atoms with Crippen LogP contribution in [0.15, 0.2) is 48.7 Å². The molecule has 0 N–H and O–H groups in total. The van der Waals surface area contributed by atoms with Gasteiger partial charge >= 0.3 is 0 Å². The number of aromatic nitrogens is 1. The number of carbonyl (C=O) groups is 1. The van der Waals surface area contributed by atoms with Gasteiger partial charge in [0.2, 0.25) is 5.91 Å². The van der Waals surface area contributed by atoms with Crippen LogP contribution in [0.4, 0.5) is 11.5 Å². The van der Waals surface area contributed by atoms with Crippen molar-refractivity contribution in [2.24, 2.45) is 17.8 Å². The van der Waals surface area contributed by atoms with Crippen molar-refractivity contribution >= 4 is 17.4 Å². The lowest BCUT2D eigenvalue weighted by Gasteiger charge is -2.41. The van der Waals surface area contributed by atoms with E-state index >= 15 is 0 Å². The molecular formula is C19H18N2O. The average Bonchev–Trinajstić information content (AvgIpc) is 3.18. The molecule has 2 saturated carbocycles. The molecule has 1 aromatic carbocycles. The summed E-state index contributed by atoms with van der Waals surface area (Å²) in [5.74, 6) is 2.88. The Labute approximate surface area is 130 Å². The number of nitrogens with zero attached hydrogens (tertiary/aromatic N) is 2. The van der Waals surface area contributed by atoms with Gasteiger partial charge in [0.15, 0.2) is 0 Å². The highest BCUT2D eigenvalue weighted by Gasteiger charge is 2.55. The summed E-state index contributed by atoms with van der Waals surface area (Å²) in [5, 5.41) is 0. The number of hydrogen-bond donors (Lipinski definition) is 0. The summed E-state index contributed by atoms with van der Waals surface area (Å²) in [5.41, 5.74) is 2.39. The lowest BCUT2D eigenvalue weighted by atomic mass is 9.72. The lowest BCUT2D eigenvalue weighted by Crippen LogP contribution is -2.43. The second-order valence-corrected chi connectivity index (χ2v) is 6.81. The van der Waals surface area contributed by atoms with Crippen LogP contribution in [-0.4, -0.2) is 10.9 Å². The fourth-order valence-electron chi connectivity index (χ4n) is 5.06. The second-order valence-electron chi connectivity index (χ2n) is 6.81. The van der Waals surface area contributed by atoms with Crippen molar-refractivity contribution in [3.8, 4) is 0 Å². The van der Waals surface area contributed by atoms with E-state index in [0.717, 1.165) is 11.5 Å². The Hall–Kier alpha value is -2.16. The number of anilines is 2. The summed E-state index contributed by atoms with van der Waals surface area (Å²) in [6.07, 6.45) is 5.50. The monoisotopic (exact) mass is 290 g/mol. The van der Waals surface area contributed by atoms with E-state index < -0.39 is 0 Å². The van der Waals surface area contributed by atoms with Gasteiger partial charge in [0, 0.05) is 18.0 Å². The van der Waals surface area contributed by atoms with Gasteiger partial charge in [-0.3, -0.25) is 9.69 Å². The zero-order chi connectivity index (χ0) is 14.7. The minimum Gasteiger partial charge on any atom is -0.274 e. The predicted molar refractivity (Wildman–Crippen MR) is 84.9 cm³/mol. The van der Waals surface area contributed by atoms with Crippen LogP contribution >= 0.6 is 0 Å². The molecule has 4 atom stereocenters. The van der Waals surface area contributed by atoms with Gasteiger partial charge in [0.1, 0.15) is 5.82 Å². The fraction of sp³-hybridized carbons (Fsp3) is 0.368. The first kappa shape index (κ1) is 12.4. The number of amides is 1. The van der Waals surface area contributed by atoms with E-state index in [2.05, 4.69) is 23.2 Å². The molecule has 1 aromatic heterocycles. The van der Waals surface area contributed by atoms with Gasteiger partial charge in [0.25, 0.3) is 0 Å². The van der Waals surface area contributed by atoms with E-state index in [9.17, 15) is 4.79 Å². The van der Waals surface area contributed by atoms with E-state index in [1.807, 2.05) is 29.2 Å². The Morgan fingerprint density at radius 3 is 2.55 bits per heavy atom. The van der Waals surface area contributed by atoms with Crippen molar-refractivity contribution in [1.82, 2.24) is 4.98 Å². The molecule has 5 rings (SSSR count). The molecule has 2 fully saturated rings. The Morgan fingerprint density at radius 1 is 0.955 bits per heavy atom. The predicted octanol–water partition coefficient (Wildman–Crippen LogP) is 3.89. The van der Waals surface area contributed by atoms with Crippen LogP contribution in [-0.2, 0) is 4.79 Å². The summed E-state index contributed by atoms with van der Waals surface area (Å²) in [7, 11) is 0. The number of benzene rings is 1. The SMILES string of the molecule is O=C1C2C3CCC(C3)C2c2ccccc2N1c1ccccn1. The number of fused-ring (bicyclic) bond motifs is 7. The van der Waals surface area contributed by atoms with Crippen LogP contribution in [0.1, 0.15) is 30.7 Å². The van der Waals surface area contributed by atoms with Gasteiger partial charge in [-0.25, -0.2) is 4.98 Å². The first-order valence-electron chi connectivity index (χ1n) is 8.18. The lowest BCUT2D eigenvalue weighted by molar-refractivity contribution is -0.124. The third-order valence-electron chi connectivity index (χ3n) is 5.84. The molecule has 110 valence electrons.